The Morgan fingerprint density at radius 1 is 0.911 bits per heavy atom. The Kier molecular flexibility index (Phi) is 9.38. The van der Waals surface area contributed by atoms with E-state index in [1.807, 2.05) is 35.2 Å². The van der Waals surface area contributed by atoms with Gasteiger partial charge in [0.25, 0.3) is 10.0 Å². The Bertz CT molecular complexity index is 1820. The fourth-order valence-corrected chi connectivity index (χ4v) is 6.79. The van der Waals surface area contributed by atoms with E-state index in [2.05, 4.69) is 0 Å². The van der Waals surface area contributed by atoms with Gasteiger partial charge in [-0.25, -0.2) is 13.2 Å². The minimum absolute atomic E-state index is 0.0155. The number of fused-ring (bicyclic) bond motifs is 1. The zero-order valence-electron chi connectivity index (χ0n) is 25.3. The van der Waals surface area contributed by atoms with Crippen molar-refractivity contribution in [2.24, 2.45) is 5.73 Å². The zero-order chi connectivity index (χ0) is 32.1. The summed E-state index contributed by atoms with van der Waals surface area (Å²) < 4.78 is 40.9. The summed E-state index contributed by atoms with van der Waals surface area (Å²) in [4.78, 5) is 14.2. The Labute approximate surface area is 263 Å². The number of sulfonamides is 1. The molecule has 0 amide bonds. The van der Waals surface area contributed by atoms with E-state index in [1.165, 1.54) is 28.6 Å². The number of nitrogens with zero attached hydrogens (tertiary/aromatic N) is 2. The number of rotatable bonds is 10. The maximum atomic E-state index is 14.2. The zero-order valence-corrected chi connectivity index (χ0v) is 26.1. The second kappa shape index (κ2) is 13.4. The van der Waals surface area contributed by atoms with Gasteiger partial charge in [0.2, 0.25) is 0 Å². The SMILES string of the molecule is CCOC(=O)c1ccc(S(=O)(=O)N(Cc2ccc3ccc(C(=N)N)cc3c2)c2ccc(OC3CCN(C(C)=N)CC3)cc2)cc1. The largest absolute Gasteiger partial charge is 0.490 e. The number of likely N-dealkylation sites (tertiary alicyclic amines) is 1. The average Bonchev–Trinajstić information content (AvgIpc) is 3.04. The van der Waals surface area contributed by atoms with Crippen LogP contribution < -0.4 is 14.8 Å². The van der Waals surface area contributed by atoms with Gasteiger partial charge in [0.1, 0.15) is 17.7 Å². The molecule has 0 unspecified atom stereocenters. The first-order valence-corrected chi connectivity index (χ1v) is 16.2. The van der Waals surface area contributed by atoms with Crippen molar-refractivity contribution in [2.75, 3.05) is 24.0 Å². The molecule has 0 aliphatic carbocycles. The first-order valence-electron chi connectivity index (χ1n) is 14.8. The second-order valence-electron chi connectivity index (χ2n) is 11.0. The van der Waals surface area contributed by atoms with Crippen LogP contribution in [0.2, 0.25) is 0 Å². The molecule has 1 fully saturated rings. The van der Waals surface area contributed by atoms with Crippen LogP contribution in [0.4, 0.5) is 5.69 Å². The van der Waals surface area contributed by atoms with E-state index >= 15 is 0 Å². The van der Waals surface area contributed by atoms with E-state index in [1.54, 1.807) is 44.2 Å². The smallest absolute Gasteiger partial charge is 0.338 e. The molecule has 11 heteroatoms. The van der Waals surface area contributed by atoms with E-state index in [4.69, 9.17) is 26.0 Å². The Morgan fingerprint density at radius 3 is 2.18 bits per heavy atom. The standard InChI is InChI=1S/C34H37N5O5S/c1-3-43-34(40)26-8-14-32(15-9-26)45(41,42)39(22-24-4-5-25-6-7-27(33(36)37)21-28(25)20-24)29-10-12-30(13-11-29)44-31-16-18-38(19-17-31)23(2)35/h4-15,20-21,31,35H,3,16-19,22H2,1-2H3,(H3,36,37). The molecule has 0 atom stereocenters. The summed E-state index contributed by atoms with van der Waals surface area (Å²) >= 11 is 0. The average molecular weight is 628 g/mol. The summed E-state index contributed by atoms with van der Waals surface area (Å²) in [6, 6.07) is 23.9. The van der Waals surface area contributed by atoms with Gasteiger partial charge >= 0.3 is 5.97 Å². The molecule has 1 aliphatic rings. The molecule has 45 heavy (non-hydrogen) atoms. The van der Waals surface area contributed by atoms with Crippen molar-refractivity contribution in [1.29, 1.82) is 10.8 Å². The van der Waals surface area contributed by atoms with Gasteiger partial charge in [-0.05, 0) is 90.8 Å². The number of ether oxygens (including phenoxy) is 2. The van der Waals surface area contributed by atoms with Crippen LogP contribution in [-0.4, -0.2) is 56.8 Å². The highest BCUT2D eigenvalue weighted by Gasteiger charge is 2.27. The maximum absolute atomic E-state index is 14.2. The fraction of sp³-hybridized carbons (Fsp3) is 0.265. The van der Waals surface area contributed by atoms with Crippen LogP contribution in [0.3, 0.4) is 0 Å². The second-order valence-corrected chi connectivity index (χ2v) is 12.8. The van der Waals surface area contributed by atoms with Crippen LogP contribution in [0, 0.1) is 10.8 Å². The number of benzene rings is 4. The van der Waals surface area contributed by atoms with Gasteiger partial charge < -0.3 is 20.1 Å². The lowest BCUT2D eigenvalue weighted by molar-refractivity contribution is 0.0526. The third-order valence-electron chi connectivity index (χ3n) is 7.84. The quantitative estimate of drug-likeness (QED) is 0.119. The fourth-order valence-electron chi connectivity index (χ4n) is 5.34. The van der Waals surface area contributed by atoms with Crippen molar-refractivity contribution in [3.8, 4) is 5.75 Å². The number of esters is 1. The van der Waals surface area contributed by atoms with Crippen LogP contribution in [0.25, 0.3) is 10.8 Å². The number of nitrogen functional groups attached to an aromatic ring is 1. The van der Waals surface area contributed by atoms with E-state index in [9.17, 15) is 13.2 Å². The van der Waals surface area contributed by atoms with Gasteiger partial charge in [-0.15, -0.1) is 0 Å². The third kappa shape index (κ3) is 7.26. The van der Waals surface area contributed by atoms with E-state index < -0.39 is 16.0 Å². The number of nitrogens with one attached hydrogen (secondary N) is 2. The van der Waals surface area contributed by atoms with Crippen LogP contribution in [0.1, 0.15) is 48.2 Å². The lowest BCUT2D eigenvalue weighted by Crippen LogP contribution is -2.40. The topological polar surface area (TPSA) is 150 Å². The Hall–Kier alpha value is -4.90. The molecule has 4 aromatic rings. The molecule has 0 bridgehead atoms. The number of nitrogens with two attached hydrogens (primary N) is 1. The lowest BCUT2D eigenvalue weighted by atomic mass is 10.0. The molecule has 1 saturated heterocycles. The van der Waals surface area contributed by atoms with Crippen molar-refractivity contribution in [2.45, 2.75) is 44.2 Å². The molecular weight excluding hydrogens is 590 g/mol. The molecule has 5 rings (SSSR count). The summed E-state index contributed by atoms with van der Waals surface area (Å²) in [5, 5.41) is 17.4. The number of carbonyl (C=O) groups excluding carboxylic acids is 1. The van der Waals surface area contributed by atoms with Gasteiger partial charge in [-0.3, -0.25) is 15.1 Å². The summed E-state index contributed by atoms with van der Waals surface area (Å²) in [7, 11) is -4.08. The monoisotopic (exact) mass is 627 g/mol. The molecule has 4 aromatic carbocycles. The van der Waals surface area contributed by atoms with Crippen molar-refractivity contribution in [3.05, 3.63) is 102 Å². The lowest BCUT2D eigenvalue weighted by Gasteiger charge is -2.33. The van der Waals surface area contributed by atoms with Gasteiger partial charge in [-0.2, -0.15) is 0 Å². The molecule has 0 radical (unpaired) electrons. The van der Waals surface area contributed by atoms with Crippen molar-refractivity contribution < 1.29 is 22.7 Å². The molecule has 0 saturated carbocycles. The van der Waals surface area contributed by atoms with Gasteiger partial charge in [0.05, 0.1) is 35.1 Å². The summed E-state index contributed by atoms with van der Waals surface area (Å²) in [6.45, 7) is 5.27. The molecule has 234 valence electrons. The molecule has 1 heterocycles. The van der Waals surface area contributed by atoms with Gasteiger partial charge in [-0.1, -0.05) is 24.3 Å². The maximum Gasteiger partial charge on any atom is 0.338 e. The Morgan fingerprint density at radius 2 is 1.56 bits per heavy atom. The molecule has 0 spiro atoms. The number of hydrogen-bond donors (Lipinski definition) is 3. The number of amidine groups is 2. The third-order valence-corrected chi connectivity index (χ3v) is 9.63. The molecular formula is C34H37N5O5S. The number of hydrogen-bond acceptors (Lipinski definition) is 7. The molecule has 0 aromatic heterocycles. The minimum atomic E-state index is -4.08. The molecule has 4 N–H and O–H groups in total. The number of anilines is 1. The number of carbonyl (C=O) groups is 1. The van der Waals surface area contributed by atoms with E-state index in [-0.39, 0.29) is 35.6 Å². The van der Waals surface area contributed by atoms with Gasteiger partial charge in [0, 0.05) is 31.5 Å². The Balaban J connectivity index is 1.45. The predicted molar refractivity (Wildman–Crippen MR) is 176 cm³/mol. The van der Waals surface area contributed by atoms with Crippen LogP contribution in [0.15, 0.2) is 89.8 Å². The first-order chi connectivity index (χ1) is 21.5. The van der Waals surface area contributed by atoms with Crippen molar-refractivity contribution in [1.82, 2.24) is 4.90 Å². The number of piperidine rings is 1. The minimum Gasteiger partial charge on any atom is -0.490 e. The highest BCUT2D eigenvalue weighted by Crippen LogP contribution is 2.30. The molecule has 10 nitrogen and oxygen atoms in total. The normalized spacial score (nSPS) is 13.8. The van der Waals surface area contributed by atoms with Crippen molar-refractivity contribution >= 4 is 44.1 Å². The van der Waals surface area contributed by atoms with Crippen LogP contribution in [0.5, 0.6) is 5.75 Å². The highest BCUT2D eigenvalue weighted by atomic mass is 32.2. The van der Waals surface area contributed by atoms with E-state index in [0.717, 1.165) is 42.3 Å². The molecule has 1 aliphatic heterocycles. The summed E-state index contributed by atoms with van der Waals surface area (Å²) in [5.74, 6) is 0.631. The van der Waals surface area contributed by atoms with E-state index in [0.29, 0.717) is 22.8 Å². The predicted octanol–water partition coefficient (Wildman–Crippen LogP) is 5.54. The summed E-state index contributed by atoms with van der Waals surface area (Å²) in [5.41, 5.74) is 7.74. The summed E-state index contributed by atoms with van der Waals surface area (Å²) in [6.07, 6.45) is 1.61. The van der Waals surface area contributed by atoms with Crippen molar-refractivity contribution in [3.63, 3.8) is 0 Å². The van der Waals surface area contributed by atoms with Gasteiger partial charge in [0.15, 0.2) is 0 Å². The van der Waals surface area contributed by atoms with Crippen LogP contribution in [-0.2, 0) is 21.3 Å². The first kappa shape index (κ1) is 31.5. The highest BCUT2D eigenvalue weighted by molar-refractivity contribution is 7.92. The van der Waals surface area contributed by atoms with Crippen LogP contribution >= 0.6 is 0 Å².